The molecular weight excluding hydrogens is 296 g/mol. The van der Waals surface area contributed by atoms with E-state index in [1.54, 1.807) is 7.05 Å². The van der Waals surface area contributed by atoms with Crippen molar-refractivity contribution in [2.75, 3.05) is 20.1 Å². The third-order valence-electron chi connectivity index (χ3n) is 3.13. The van der Waals surface area contributed by atoms with Gasteiger partial charge in [0.1, 0.15) is 6.10 Å². The number of carbonyl (C=O) groups is 2. The third kappa shape index (κ3) is 3.59. The Kier molecular flexibility index (Phi) is 4.29. The molecule has 1 aliphatic rings. The predicted octanol–water partition coefficient (Wildman–Crippen LogP) is 0.618. The molecule has 0 bridgehead atoms. The molecule has 1 amide bonds. The first-order chi connectivity index (χ1) is 9.79. The van der Waals surface area contributed by atoms with Gasteiger partial charge >= 0.3 is 6.09 Å². The predicted molar refractivity (Wildman–Crippen MR) is 74.5 cm³/mol. The van der Waals surface area contributed by atoms with Crippen molar-refractivity contribution in [1.29, 1.82) is 0 Å². The Morgan fingerprint density at radius 1 is 1.38 bits per heavy atom. The minimum absolute atomic E-state index is 0.00682. The minimum atomic E-state index is -3.70. The molecule has 1 N–H and O–H groups in total. The number of nitrogens with zero attached hydrogens (tertiary/aromatic N) is 1. The van der Waals surface area contributed by atoms with Crippen LogP contribution in [0.2, 0.25) is 0 Å². The maximum absolute atomic E-state index is 12.1. The molecule has 1 aromatic carbocycles. The number of Topliss-reactive ketones (excluding diaryl/α,β-unsaturated/α-hetero) is 1. The fourth-order valence-corrected chi connectivity index (χ4v) is 2.98. The van der Waals surface area contributed by atoms with Crippen LogP contribution in [0.25, 0.3) is 0 Å². The van der Waals surface area contributed by atoms with Crippen molar-refractivity contribution in [3.63, 3.8) is 0 Å². The van der Waals surface area contributed by atoms with E-state index in [2.05, 4.69) is 4.72 Å². The van der Waals surface area contributed by atoms with Gasteiger partial charge in [-0.2, -0.15) is 0 Å². The SMILES string of the molecule is CC(=O)c1ccc(S(=O)(=O)NCC2CN(C)C(=O)O2)cc1. The van der Waals surface area contributed by atoms with E-state index in [9.17, 15) is 18.0 Å². The molecule has 2 rings (SSSR count). The highest BCUT2D eigenvalue weighted by atomic mass is 32.2. The van der Waals surface area contributed by atoms with Crippen molar-refractivity contribution in [3.8, 4) is 0 Å². The lowest BCUT2D eigenvalue weighted by molar-refractivity contribution is 0.101. The zero-order valence-corrected chi connectivity index (χ0v) is 12.5. The summed E-state index contributed by atoms with van der Waals surface area (Å²) in [6.07, 6.45) is -0.973. The summed E-state index contributed by atoms with van der Waals surface area (Å²) >= 11 is 0. The van der Waals surface area contributed by atoms with Gasteiger partial charge in [0.05, 0.1) is 11.4 Å². The molecule has 0 saturated carbocycles. The average molecular weight is 312 g/mol. The lowest BCUT2D eigenvalue weighted by Gasteiger charge is -2.10. The van der Waals surface area contributed by atoms with Crippen molar-refractivity contribution in [1.82, 2.24) is 9.62 Å². The number of cyclic esters (lactones) is 1. The van der Waals surface area contributed by atoms with Gasteiger partial charge in [-0.1, -0.05) is 12.1 Å². The van der Waals surface area contributed by atoms with Gasteiger partial charge in [-0.05, 0) is 19.1 Å². The van der Waals surface area contributed by atoms with E-state index in [1.165, 1.54) is 36.1 Å². The molecule has 8 heteroatoms. The first-order valence-corrected chi connectivity index (χ1v) is 7.80. The maximum atomic E-state index is 12.1. The average Bonchev–Trinajstić information content (AvgIpc) is 2.76. The molecule has 1 aliphatic heterocycles. The van der Waals surface area contributed by atoms with E-state index in [4.69, 9.17) is 4.74 Å². The molecule has 1 fully saturated rings. The van der Waals surface area contributed by atoms with Crippen LogP contribution in [0.3, 0.4) is 0 Å². The third-order valence-corrected chi connectivity index (χ3v) is 4.57. The van der Waals surface area contributed by atoms with Crippen LogP contribution in [0.1, 0.15) is 17.3 Å². The van der Waals surface area contributed by atoms with Crippen molar-refractivity contribution in [2.45, 2.75) is 17.9 Å². The number of rotatable bonds is 5. The van der Waals surface area contributed by atoms with Gasteiger partial charge < -0.3 is 9.64 Å². The van der Waals surface area contributed by atoms with Crippen LogP contribution in [0.15, 0.2) is 29.2 Å². The highest BCUT2D eigenvalue weighted by Crippen LogP contribution is 2.12. The number of sulfonamides is 1. The molecule has 7 nitrogen and oxygen atoms in total. The number of benzene rings is 1. The summed E-state index contributed by atoms with van der Waals surface area (Å²) in [5, 5.41) is 0. The highest BCUT2D eigenvalue weighted by Gasteiger charge is 2.29. The Hall–Kier alpha value is -1.93. The van der Waals surface area contributed by atoms with Crippen LogP contribution in [-0.4, -0.2) is 51.4 Å². The molecular formula is C13H16N2O5S. The van der Waals surface area contributed by atoms with Gasteiger partial charge in [-0.25, -0.2) is 17.9 Å². The van der Waals surface area contributed by atoms with Crippen LogP contribution in [0.5, 0.6) is 0 Å². The molecule has 1 heterocycles. The summed E-state index contributed by atoms with van der Waals surface area (Å²) in [7, 11) is -2.12. The highest BCUT2D eigenvalue weighted by molar-refractivity contribution is 7.89. The Morgan fingerprint density at radius 3 is 2.48 bits per heavy atom. The second-order valence-electron chi connectivity index (χ2n) is 4.82. The molecule has 0 spiro atoms. The van der Waals surface area contributed by atoms with Crippen LogP contribution < -0.4 is 4.72 Å². The largest absolute Gasteiger partial charge is 0.443 e. The number of nitrogens with one attached hydrogen (secondary N) is 1. The van der Waals surface area contributed by atoms with E-state index >= 15 is 0 Å². The zero-order chi connectivity index (χ0) is 15.6. The van der Waals surface area contributed by atoms with Crippen LogP contribution >= 0.6 is 0 Å². The van der Waals surface area contributed by atoms with Crippen molar-refractivity contribution in [3.05, 3.63) is 29.8 Å². The summed E-state index contributed by atoms with van der Waals surface area (Å²) in [5.41, 5.74) is 0.445. The first kappa shape index (κ1) is 15.5. The van der Waals surface area contributed by atoms with E-state index in [0.717, 1.165) is 0 Å². The maximum Gasteiger partial charge on any atom is 0.410 e. The molecule has 1 unspecified atom stereocenters. The van der Waals surface area contributed by atoms with Gasteiger partial charge in [-0.3, -0.25) is 4.79 Å². The van der Waals surface area contributed by atoms with E-state index in [-0.39, 0.29) is 17.2 Å². The van der Waals surface area contributed by atoms with Gasteiger partial charge in [-0.15, -0.1) is 0 Å². The number of ketones is 1. The fourth-order valence-electron chi connectivity index (χ4n) is 1.91. The van der Waals surface area contributed by atoms with E-state index in [1.807, 2.05) is 0 Å². The number of amides is 1. The molecule has 114 valence electrons. The van der Waals surface area contributed by atoms with Crippen LogP contribution in [0.4, 0.5) is 4.79 Å². The van der Waals surface area contributed by atoms with Gasteiger partial charge in [0.15, 0.2) is 5.78 Å². The molecule has 0 aliphatic carbocycles. The van der Waals surface area contributed by atoms with Crippen molar-refractivity contribution in [2.24, 2.45) is 0 Å². The second kappa shape index (κ2) is 5.82. The lowest BCUT2D eigenvalue weighted by Crippen LogP contribution is -2.34. The van der Waals surface area contributed by atoms with E-state index in [0.29, 0.717) is 12.1 Å². The van der Waals surface area contributed by atoms with Crippen LogP contribution in [0, 0.1) is 0 Å². The van der Waals surface area contributed by atoms with E-state index < -0.39 is 22.2 Å². The molecule has 0 aromatic heterocycles. The summed E-state index contributed by atoms with van der Waals surface area (Å²) in [5.74, 6) is -0.132. The normalized spacial score (nSPS) is 18.7. The lowest BCUT2D eigenvalue weighted by atomic mass is 10.2. The second-order valence-corrected chi connectivity index (χ2v) is 6.59. The summed E-state index contributed by atoms with van der Waals surface area (Å²) in [6, 6.07) is 5.65. The number of hydrogen-bond acceptors (Lipinski definition) is 5. The fraction of sp³-hybridized carbons (Fsp3) is 0.385. The summed E-state index contributed by atoms with van der Waals surface area (Å²) in [4.78, 5) is 23.8. The van der Waals surface area contributed by atoms with Crippen molar-refractivity contribution < 1.29 is 22.7 Å². The molecule has 1 saturated heterocycles. The number of ether oxygens (including phenoxy) is 1. The van der Waals surface area contributed by atoms with Crippen LogP contribution in [-0.2, 0) is 14.8 Å². The molecule has 21 heavy (non-hydrogen) atoms. The van der Waals surface area contributed by atoms with Gasteiger partial charge in [0.2, 0.25) is 10.0 Å². The van der Waals surface area contributed by atoms with Crippen molar-refractivity contribution >= 4 is 21.9 Å². The number of hydrogen-bond donors (Lipinski definition) is 1. The number of likely N-dealkylation sites (N-methyl/N-ethyl adjacent to an activating group) is 1. The molecule has 0 radical (unpaired) electrons. The number of carbonyl (C=O) groups excluding carboxylic acids is 2. The Balaban J connectivity index is 2.01. The summed E-state index contributed by atoms with van der Waals surface area (Å²) < 4.78 is 31.5. The smallest absolute Gasteiger partial charge is 0.410 e. The topological polar surface area (TPSA) is 92.8 Å². The molecule has 1 atom stereocenters. The molecule has 1 aromatic rings. The Bertz CT molecular complexity index is 654. The minimum Gasteiger partial charge on any atom is -0.443 e. The monoisotopic (exact) mass is 312 g/mol. The van der Waals surface area contributed by atoms with Gasteiger partial charge in [0, 0.05) is 19.2 Å². The quantitative estimate of drug-likeness (QED) is 0.805. The standard InChI is InChI=1S/C13H16N2O5S/c1-9(16)10-3-5-12(6-4-10)21(18,19)14-7-11-8-15(2)13(17)20-11/h3-6,11,14H,7-8H2,1-2H3. The Morgan fingerprint density at radius 2 is 2.00 bits per heavy atom. The Labute approximate surface area is 122 Å². The zero-order valence-electron chi connectivity index (χ0n) is 11.7. The van der Waals surface area contributed by atoms with Gasteiger partial charge in [0.25, 0.3) is 0 Å². The first-order valence-electron chi connectivity index (χ1n) is 6.32. The summed E-state index contributed by atoms with van der Waals surface area (Å²) in [6.45, 7) is 1.75.